The third kappa shape index (κ3) is 6.36. The first-order valence-electron chi connectivity index (χ1n) is 13.5. The van der Waals surface area contributed by atoms with Crippen LogP contribution in [0.25, 0.3) is 0 Å². The number of hydrogen-bond acceptors (Lipinski definition) is 6. The molecule has 3 aromatic rings. The molecule has 0 saturated heterocycles. The van der Waals surface area contributed by atoms with Crippen molar-refractivity contribution in [2.45, 2.75) is 59.5 Å². The smallest absolute Gasteiger partial charge is 0.325 e. The molecule has 0 aromatic heterocycles. The zero-order chi connectivity index (χ0) is 27.9. The van der Waals surface area contributed by atoms with Crippen LogP contribution in [0.2, 0.25) is 0 Å². The molecule has 0 spiro atoms. The third-order valence-corrected chi connectivity index (χ3v) is 6.83. The molecular weight excluding hydrogens is 494 g/mol. The predicted molar refractivity (Wildman–Crippen MR) is 150 cm³/mol. The summed E-state index contributed by atoms with van der Waals surface area (Å²) in [7, 11) is 1.64. The second-order valence-corrected chi connectivity index (χ2v) is 9.91. The normalized spacial score (nSPS) is 12.2. The van der Waals surface area contributed by atoms with Crippen LogP contribution in [0.3, 0.4) is 0 Å². The van der Waals surface area contributed by atoms with Crippen molar-refractivity contribution in [3.63, 3.8) is 0 Å². The van der Waals surface area contributed by atoms with Crippen LogP contribution in [0.15, 0.2) is 48.5 Å². The number of carbonyl (C=O) groups excluding carboxylic acids is 2. The molecule has 1 aliphatic rings. The van der Waals surface area contributed by atoms with E-state index in [2.05, 4.69) is 19.2 Å². The third-order valence-electron chi connectivity index (χ3n) is 6.83. The standard InChI is InChI=1S/C32H37NO6/c1-6-37-28(34)18-33-32(35)25-17-21(4)30(24-14-10-13-23(24)25)39-27-16-15-26(29(20(2)3)31(27)36-5)38-19-22-11-8-7-9-12-22/h7-9,11-12,15-17,20H,6,10,13-14,18-19H2,1-5H3,(H,33,35). The van der Waals surface area contributed by atoms with Gasteiger partial charge in [0, 0.05) is 11.1 Å². The monoisotopic (exact) mass is 531 g/mol. The van der Waals surface area contributed by atoms with Gasteiger partial charge in [0.1, 0.15) is 24.7 Å². The number of ether oxygens (including phenoxy) is 4. The van der Waals surface area contributed by atoms with Gasteiger partial charge in [0.15, 0.2) is 11.5 Å². The van der Waals surface area contributed by atoms with Crippen LogP contribution in [0.1, 0.15) is 71.3 Å². The Labute approximate surface area is 230 Å². The van der Waals surface area contributed by atoms with Crippen LogP contribution in [-0.4, -0.2) is 32.1 Å². The van der Waals surface area contributed by atoms with Gasteiger partial charge in [0.25, 0.3) is 5.91 Å². The number of benzene rings is 3. The van der Waals surface area contributed by atoms with E-state index in [0.29, 0.717) is 23.7 Å². The molecule has 0 atom stereocenters. The van der Waals surface area contributed by atoms with Crippen molar-refractivity contribution < 1.29 is 28.5 Å². The molecule has 7 nitrogen and oxygen atoms in total. The van der Waals surface area contributed by atoms with E-state index in [9.17, 15) is 9.59 Å². The Hall–Kier alpha value is -4.00. The molecule has 3 aromatic carbocycles. The number of hydrogen-bond donors (Lipinski definition) is 1. The maximum absolute atomic E-state index is 13.0. The maximum Gasteiger partial charge on any atom is 0.325 e. The maximum atomic E-state index is 13.0. The highest BCUT2D eigenvalue weighted by molar-refractivity contribution is 5.98. The lowest BCUT2D eigenvalue weighted by molar-refractivity contribution is -0.141. The summed E-state index contributed by atoms with van der Waals surface area (Å²) in [6.45, 7) is 8.44. The number of methoxy groups -OCH3 is 1. The zero-order valence-corrected chi connectivity index (χ0v) is 23.4. The summed E-state index contributed by atoms with van der Waals surface area (Å²) in [6, 6.07) is 15.7. The molecule has 1 amide bonds. The summed E-state index contributed by atoms with van der Waals surface area (Å²) in [5.41, 5.74) is 5.43. The van der Waals surface area contributed by atoms with Gasteiger partial charge in [-0.25, -0.2) is 0 Å². The minimum absolute atomic E-state index is 0.131. The molecule has 7 heteroatoms. The number of amides is 1. The van der Waals surface area contributed by atoms with Gasteiger partial charge in [-0.2, -0.15) is 0 Å². The number of fused-ring (bicyclic) bond motifs is 1. The Morgan fingerprint density at radius 2 is 1.69 bits per heavy atom. The van der Waals surface area contributed by atoms with E-state index in [0.717, 1.165) is 58.6 Å². The number of aryl methyl sites for hydroxylation is 1. The lowest BCUT2D eigenvalue weighted by Crippen LogP contribution is -2.31. The Kier molecular flexibility index (Phi) is 9.12. The quantitative estimate of drug-likeness (QED) is 0.293. The van der Waals surface area contributed by atoms with Crippen molar-refractivity contribution in [3.05, 3.63) is 81.9 Å². The van der Waals surface area contributed by atoms with Gasteiger partial charge in [-0.15, -0.1) is 0 Å². The van der Waals surface area contributed by atoms with E-state index < -0.39 is 5.97 Å². The average molecular weight is 532 g/mol. The summed E-state index contributed by atoms with van der Waals surface area (Å²) in [6.07, 6.45) is 2.50. The Bertz CT molecular complexity index is 1330. The molecule has 0 heterocycles. The predicted octanol–water partition coefficient (Wildman–Crippen LogP) is 6.28. The molecule has 0 fully saturated rings. The second-order valence-electron chi connectivity index (χ2n) is 9.91. The minimum atomic E-state index is -0.455. The average Bonchev–Trinajstić information content (AvgIpc) is 3.42. The fraction of sp³-hybridized carbons (Fsp3) is 0.375. The van der Waals surface area contributed by atoms with E-state index in [1.807, 2.05) is 55.5 Å². The lowest BCUT2D eigenvalue weighted by atomic mass is 9.97. The van der Waals surface area contributed by atoms with Gasteiger partial charge in [-0.1, -0.05) is 44.2 Å². The summed E-state index contributed by atoms with van der Waals surface area (Å²) < 4.78 is 23.6. The van der Waals surface area contributed by atoms with Gasteiger partial charge in [0.05, 0.1) is 13.7 Å². The SMILES string of the molecule is CCOC(=O)CNC(=O)c1cc(C)c(Oc2ccc(OCc3ccccc3)c(C(C)C)c2OC)c2c1CCC2. The van der Waals surface area contributed by atoms with Crippen LogP contribution in [-0.2, 0) is 29.0 Å². The highest BCUT2D eigenvalue weighted by atomic mass is 16.5. The van der Waals surface area contributed by atoms with Crippen molar-refractivity contribution in [1.29, 1.82) is 0 Å². The van der Waals surface area contributed by atoms with Crippen molar-refractivity contribution in [2.75, 3.05) is 20.3 Å². The number of rotatable bonds is 11. The molecule has 0 radical (unpaired) electrons. The Morgan fingerprint density at radius 1 is 0.974 bits per heavy atom. The number of carbonyl (C=O) groups is 2. The van der Waals surface area contributed by atoms with Crippen molar-refractivity contribution in [3.8, 4) is 23.0 Å². The molecule has 39 heavy (non-hydrogen) atoms. The zero-order valence-electron chi connectivity index (χ0n) is 23.4. The van der Waals surface area contributed by atoms with Crippen LogP contribution in [0.5, 0.6) is 23.0 Å². The fourth-order valence-electron chi connectivity index (χ4n) is 5.07. The van der Waals surface area contributed by atoms with Gasteiger partial charge >= 0.3 is 5.97 Å². The topological polar surface area (TPSA) is 83.1 Å². The molecule has 0 unspecified atom stereocenters. The highest BCUT2D eigenvalue weighted by Crippen LogP contribution is 2.46. The molecule has 0 aliphatic heterocycles. The van der Waals surface area contributed by atoms with Crippen LogP contribution in [0.4, 0.5) is 0 Å². The van der Waals surface area contributed by atoms with Gasteiger partial charge in [0.2, 0.25) is 0 Å². The van der Waals surface area contributed by atoms with E-state index in [1.54, 1.807) is 14.0 Å². The molecule has 4 rings (SSSR count). The van der Waals surface area contributed by atoms with E-state index in [-0.39, 0.29) is 25.0 Å². The van der Waals surface area contributed by atoms with Crippen molar-refractivity contribution in [1.82, 2.24) is 5.32 Å². The highest BCUT2D eigenvalue weighted by Gasteiger charge is 2.27. The van der Waals surface area contributed by atoms with Crippen LogP contribution < -0.4 is 19.5 Å². The van der Waals surface area contributed by atoms with Crippen molar-refractivity contribution in [2.24, 2.45) is 0 Å². The summed E-state index contributed by atoms with van der Waals surface area (Å²) in [5.74, 6) is 2.14. The second kappa shape index (κ2) is 12.7. The first-order chi connectivity index (χ1) is 18.8. The van der Waals surface area contributed by atoms with E-state index in [1.165, 1.54) is 0 Å². The molecule has 0 bridgehead atoms. The molecular formula is C32H37NO6. The lowest BCUT2D eigenvalue weighted by Gasteiger charge is -2.22. The Balaban J connectivity index is 1.63. The van der Waals surface area contributed by atoms with E-state index in [4.69, 9.17) is 18.9 Å². The van der Waals surface area contributed by atoms with Crippen LogP contribution in [0, 0.1) is 6.92 Å². The summed E-state index contributed by atoms with van der Waals surface area (Å²) >= 11 is 0. The van der Waals surface area contributed by atoms with Crippen molar-refractivity contribution >= 4 is 11.9 Å². The number of esters is 1. The van der Waals surface area contributed by atoms with Crippen LogP contribution >= 0.6 is 0 Å². The molecule has 1 N–H and O–H groups in total. The van der Waals surface area contributed by atoms with Gasteiger partial charge in [-0.3, -0.25) is 9.59 Å². The summed E-state index contributed by atoms with van der Waals surface area (Å²) in [4.78, 5) is 24.7. The molecule has 206 valence electrons. The molecule has 0 saturated carbocycles. The largest absolute Gasteiger partial charge is 0.492 e. The Morgan fingerprint density at radius 3 is 2.38 bits per heavy atom. The van der Waals surface area contributed by atoms with Gasteiger partial charge in [-0.05, 0) is 79.5 Å². The number of nitrogens with one attached hydrogen (secondary N) is 1. The van der Waals surface area contributed by atoms with Gasteiger partial charge < -0.3 is 24.3 Å². The van der Waals surface area contributed by atoms with E-state index >= 15 is 0 Å². The minimum Gasteiger partial charge on any atom is -0.492 e. The summed E-state index contributed by atoms with van der Waals surface area (Å²) in [5, 5.41) is 2.69. The first-order valence-corrected chi connectivity index (χ1v) is 13.5. The molecule has 1 aliphatic carbocycles. The first kappa shape index (κ1) is 28.0. The fourth-order valence-corrected chi connectivity index (χ4v) is 5.07.